The van der Waals surface area contributed by atoms with E-state index in [0.29, 0.717) is 34.9 Å². The standard InChI is InChI=1S/C29H30N2O5/c1-5-17-36-24-8-6-7-22(18-24)31-26(19-9-13-21(14-10-19)30(2)3)25(28(33)29(31)34)27(32)20-11-15-23(35-4)16-12-20/h6-16,18,26,32H,5,17H2,1-4H3/b27-25+. The van der Waals surface area contributed by atoms with Crippen LogP contribution < -0.4 is 19.3 Å². The highest BCUT2D eigenvalue weighted by Gasteiger charge is 2.47. The molecule has 0 aromatic heterocycles. The fraction of sp³-hybridized carbons (Fsp3) is 0.241. The molecule has 1 unspecified atom stereocenters. The second kappa shape index (κ2) is 10.6. The third kappa shape index (κ3) is 4.77. The molecule has 7 nitrogen and oxygen atoms in total. The highest BCUT2D eigenvalue weighted by atomic mass is 16.5. The lowest BCUT2D eigenvalue weighted by atomic mass is 9.95. The SMILES string of the molecule is CCCOc1cccc(N2C(=O)C(=O)/C(=C(/O)c3ccc(OC)cc3)C2c2ccc(N(C)C)cc2)c1. The van der Waals surface area contributed by atoms with Crippen LogP contribution in [-0.2, 0) is 9.59 Å². The van der Waals surface area contributed by atoms with Crippen LogP contribution in [0.4, 0.5) is 11.4 Å². The number of benzene rings is 3. The summed E-state index contributed by atoms with van der Waals surface area (Å²) in [4.78, 5) is 30.2. The van der Waals surface area contributed by atoms with Crippen LogP contribution in [0.3, 0.4) is 0 Å². The van der Waals surface area contributed by atoms with Crippen molar-refractivity contribution in [2.45, 2.75) is 19.4 Å². The monoisotopic (exact) mass is 486 g/mol. The van der Waals surface area contributed by atoms with E-state index in [1.165, 1.54) is 4.90 Å². The number of amides is 1. The van der Waals surface area contributed by atoms with Gasteiger partial charge >= 0.3 is 0 Å². The number of carbonyl (C=O) groups is 2. The maximum Gasteiger partial charge on any atom is 0.300 e. The van der Waals surface area contributed by atoms with Gasteiger partial charge < -0.3 is 19.5 Å². The van der Waals surface area contributed by atoms with Crippen LogP contribution in [0.2, 0.25) is 0 Å². The number of aliphatic hydroxyl groups is 1. The minimum atomic E-state index is -0.815. The Morgan fingerprint density at radius 2 is 1.67 bits per heavy atom. The van der Waals surface area contributed by atoms with E-state index in [1.54, 1.807) is 49.6 Å². The lowest BCUT2D eigenvalue weighted by Crippen LogP contribution is -2.29. The predicted molar refractivity (Wildman–Crippen MR) is 141 cm³/mol. The minimum Gasteiger partial charge on any atom is -0.507 e. The third-order valence-corrected chi connectivity index (χ3v) is 6.10. The Hall–Kier alpha value is -4.26. The quantitative estimate of drug-likeness (QED) is 0.269. The Morgan fingerprint density at radius 3 is 2.28 bits per heavy atom. The predicted octanol–water partition coefficient (Wildman–Crippen LogP) is 5.18. The van der Waals surface area contributed by atoms with E-state index in [1.807, 2.05) is 56.3 Å². The summed E-state index contributed by atoms with van der Waals surface area (Å²) < 4.78 is 11.0. The Labute approximate surface area is 211 Å². The highest BCUT2D eigenvalue weighted by molar-refractivity contribution is 6.51. The molecule has 0 saturated carbocycles. The van der Waals surface area contributed by atoms with Crippen molar-refractivity contribution in [1.29, 1.82) is 0 Å². The van der Waals surface area contributed by atoms with Gasteiger partial charge in [0.05, 0.1) is 25.3 Å². The average molecular weight is 487 g/mol. The number of ether oxygens (including phenoxy) is 2. The van der Waals surface area contributed by atoms with Gasteiger partial charge in [0, 0.05) is 37.1 Å². The first kappa shape index (κ1) is 24.9. The topological polar surface area (TPSA) is 79.3 Å². The van der Waals surface area contributed by atoms with Gasteiger partial charge in [-0.2, -0.15) is 0 Å². The molecule has 1 N–H and O–H groups in total. The van der Waals surface area contributed by atoms with Crippen LogP contribution in [0.5, 0.6) is 11.5 Å². The lowest BCUT2D eigenvalue weighted by Gasteiger charge is -2.26. The molecule has 186 valence electrons. The molecule has 0 spiro atoms. The number of carbonyl (C=O) groups excluding carboxylic acids is 2. The van der Waals surface area contributed by atoms with Crippen LogP contribution in [0.1, 0.15) is 30.5 Å². The molecule has 3 aromatic carbocycles. The number of aliphatic hydroxyl groups excluding tert-OH is 1. The lowest BCUT2D eigenvalue weighted by molar-refractivity contribution is -0.132. The van der Waals surface area contributed by atoms with Crippen LogP contribution in [-0.4, -0.2) is 44.6 Å². The zero-order valence-electron chi connectivity index (χ0n) is 20.9. The molecule has 1 heterocycles. The second-order valence-electron chi connectivity index (χ2n) is 8.73. The molecular weight excluding hydrogens is 456 g/mol. The van der Waals surface area contributed by atoms with Gasteiger partial charge in [0.1, 0.15) is 17.3 Å². The molecule has 4 rings (SSSR count). The molecule has 36 heavy (non-hydrogen) atoms. The summed E-state index contributed by atoms with van der Waals surface area (Å²) in [6.45, 7) is 2.55. The van der Waals surface area contributed by atoms with Crippen molar-refractivity contribution in [3.8, 4) is 11.5 Å². The van der Waals surface area contributed by atoms with Crippen molar-refractivity contribution in [3.05, 3.63) is 89.5 Å². The number of hydrogen-bond donors (Lipinski definition) is 1. The maximum atomic E-state index is 13.4. The maximum absolute atomic E-state index is 13.4. The number of anilines is 2. The van der Waals surface area contributed by atoms with Gasteiger partial charge in [0.2, 0.25) is 0 Å². The van der Waals surface area contributed by atoms with Crippen LogP contribution >= 0.6 is 0 Å². The van der Waals surface area contributed by atoms with Crippen molar-refractivity contribution < 1.29 is 24.2 Å². The van der Waals surface area contributed by atoms with Crippen molar-refractivity contribution >= 4 is 28.8 Å². The first-order valence-electron chi connectivity index (χ1n) is 11.8. The number of nitrogens with zero attached hydrogens (tertiary/aromatic N) is 2. The van der Waals surface area contributed by atoms with E-state index in [-0.39, 0.29) is 11.3 Å². The zero-order chi connectivity index (χ0) is 25.8. The fourth-order valence-corrected chi connectivity index (χ4v) is 4.22. The molecule has 0 radical (unpaired) electrons. The zero-order valence-corrected chi connectivity index (χ0v) is 20.9. The summed E-state index contributed by atoms with van der Waals surface area (Å²) in [6, 6.07) is 20.6. The smallest absolute Gasteiger partial charge is 0.300 e. The van der Waals surface area contributed by atoms with E-state index < -0.39 is 17.7 Å². The third-order valence-electron chi connectivity index (χ3n) is 6.10. The molecule has 0 aliphatic carbocycles. The van der Waals surface area contributed by atoms with Crippen LogP contribution in [0.25, 0.3) is 5.76 Å². The Balaban J connectivity index is 1.87. The molecule has 0 bridgehead atoms. The van der Waals surface area contributed by atoms with E-state index in [2.05, 4.69) is 0 Å². The van der Waals surface area contributed by atoms with E-state index >= 15 is 0 Å². The van der Waals surface area contributed by atoms with Gasteiger partial charge in [0.15, 0.2) is 0 Å². The molecule has 1 saturated heterocycles. The molecule has 1 fully saturated rings. The molecule has 1 atom stereocenters. The number of methoxy groups -OCH3 is 1. The number of ketones is 1. The Bertz CT molecular complexity index is 1280. The van der Waals surface area contributed by atoms with Crippen molar-refractivity contribution in [1.82, 2.24) is 0 Å². The summed E-state index contributed by atoms with van der Waals surface area (Å²) in [5.41, 5.74) is 2.64. The molecule has 3 aromatic rings. The average Bonchev–Trinajstić information content (AvgIpc) is 3.17. The van der Waals surface area contributed by atoms with Crippen molar-refractivity contribution in [3.63, 3.8) is 0 Å². The van der Waals surface area contributed by atoms with Gasteiger partial charge in [0.25, 0.3) is 11.7 Å². The van der Waals surface area contributed by atoms with E-state index in [0.717, 1.165) is 12.1 Å². The summed E-state index contributed by atoms with van der Waals surface area (Å²) in [6.07, 6.45) is 0.842. The molecule has 7 heteroatoms. The summed E-state index contributed by atoms with van der Waals surface area (Å²) >= 11 is 0. The highest BCUT2D eigenvalue weighted by Crippen LogP contribution is 2.43. The molecule has 1 aliphatic heterocycles. The van der Waals surface area contributed by atoms with Crippen LogP contribution in [0.15, 0.2) is 78.4 Å². The Kier molecular flexibility index (Phi) is 7.29. The van der Waals surface area contributed by atoms with Crippen LogP contribution in [0, 0.1) is 0 Å². The molecule has 1 aliphatic rings. The number of rotatable bonds is 8. The fourth-order valence-electron chi connectivity index (χ4n) is 4.22. The van der Waals surface area contributed by atoms with Crippen molar-refractivity contribution in [2.75, 3.05) is 37.6 Å². The Morgan fingerprint density at radius 1 is 0.972 bits per heavy atom. The molecular formula is C29H30N2O5. The largest absolute Gasteiger partial charge is 0.507 e. The van der Waals surface area contributed by atoms with Gasteiger partial charge in [-0.3, -0.25) is 14.5 Å². The van der Waals surface area contributed by atoms with E-state index in [9.17, 15) is 14.7 Å². The summed E-state index contributed by atoms with van der Waals surface area (Å²) in [7, 11) is 5.43. The summed E-state index contributed by atoms with van der Waals surface area (Å²) in [5, 5.41) is 11.3. The second-order valence-corrected chi connectivity index (χ2v) is 8.73. The minimum absolute atomic E-state index is 0.0302. The number of Topliss-reactive ketones (excluding diaryl/α,β-unsaturated/α-hetero) is 1. The first-order valence-corrected chi connectivity index (χ1v) is 11.8. The van der Waals surface area contributed by atoms with Gasteiger partial charge in [-0.15, -0.1) is 0 Å². The van der Waals surface area contributed by atoms with Gasteiger partial charge in [-0.05, 0) is 60.5 Å². The first-order chi connectivity index (χ1) is 17.3. The number of hydrogen-bond acceptors (Lipinski definition) is 6. The van der Waals surface area contributed by atoms with E-state index in [4.69, 9.17) is 9.47 Å². The van der Waals surface area contributed by atoms with Gasteiger partial charge in [-0.25, -0.2) is 0 Å². The summed E-state index contributed by atoms with van der Waals surface area (Å²) in [5.74, 6) is -0.470. The molecule has 1 amide bonds. The normalized spacial score (nSPS) is 16.8. The van der Waals surface area contributed by atoms with Crippen molar-refractivity contribution in [2.24, 2.45) is 0 Å². The van der Waals surface area contributed by atoms with Gasteiger partial charge in [-0.1, -0.05) is 25.1 Å².